The van der Waals surface area contributed by atoms with Crippen molar-refractivity contribution in [1.29, 1.82) is 0 Å². The van der Waals surface area contributed by atoms with Crippen molar-refractivity contribution in [2.24, 2.45) is 4.99 Å². The van der Waals surface area contributed by atoms with Crippen LogP contribution in [-0.2, 0) is 17.6 Å². The van der Waals surface area contributed by atoms with E-state index in [1.165, 1.54) is 6.33 Å². The monoisotopic (exact) mass is 379 g/mol. The topological polar surface area (TPSA) is 67.3 Å². The fourth-order valence-corrected chi connectivity index (χ4v) is 3.27. The number of ether oxygens (including phenoxy) is 1. The van der Waals surface area contributed by atoms with Crippen molar-refractivity contribution in [3.8, 4) is 0 Å². The smallest absolute Gasteiger partial charge is 0.254 e. The van der Waals surface area contributed by atoms with Crippen LogP contribution < -0.4 is 5.56 Å². The van der Waals surface area contributed by atoms with Gasteiger partial charge in [-0.2, -0.15) is 0 Å². The highest BCUT2D eigenvalue weighted by molar-refractivity contribution is 6.22. The second-order valence-electron chi connectivity index (χ2n) is 6.85. The van der Waals surface area contributed by atoms with Crippen LogP contribution >= 0.6 is 11.6 Å². The fourth-order valence-electron chi connectivity index (χ4n) is 3.15. The number of fused-ring (bicyclic) bond motifs is 1. The Morgan fingerprint density at radius 2 is 2.23 bits per heavy atom. The first-order valence-electron chi connectivity index (χ1n) is 8.84. The van der Waals surface area contributed by atoms with Gasteiger partial charge in [0.1, 0.15) is 5.70 Å². The third kappa shape index (κ3) is 4.83. The molecule has 0 saturated carbocycles. The third-order valence-corrected chi connectivity index (χ3v) is 5.41. The number of nitrogens with one attached hydrogen (secondary N) is 1. The molecule has 0 amide bonds. The zero-order valence-corrected chi connectivity index (χ0v) is 16.6. The van der Waals surface area contributed by atoms with Gasteiger partial charge in [0.05, 0.1) is 51.3 Å². The lowest BCUT2D eigenvalue weighted by atomic mass is 10.1. The van der Waals surface area contributed by atoms with Gasteiger partial charge in [-0.15, -0.1) is 11.6 Å². The summed E-state index contributed by atoms with van der Waals surface area (Å²) in [5, 5.41) is 0. The van der Waals surface area contributed by atoms with E-state index in [9.17, 15) is 4.79 Å². The SMILES string of the molecule is C=C(CCl)C(=N/C=C(\C)[N+]1(C)CCCCc2nc[nH]c(=O)c2CC1)OC. The predicted octanol–water partition coefficient (Wildman–Crippen LogP) is 2.80. The van der Waals surface area contributed by atoms with Gasteiger partial charge in [0.2, 0.25) is 5.90 Å². The lowest BCUT2D eigenvalue weighted by molar-refractivity contribution is -0.872. The molecular formula is C19H28ClN4O2+. The van der Waals surface area contributed by atoms with Crippen molar-refractivity contribution in [3.63, 3.8) is 0 Å². The van der Waals surface area contributed by atoms with Crippen molar-refractivity contribution in [3.05, 3.63) is 52.0 Å². The van der Waals surface area contributed by atoms with Gasteiger partial charge in [-0.3, -0.25) is 9.28 Å². The Hall–Kier alpha value is -1.92. The lowest BCUT2D eigenvalue weighted by Crippen LogP contribution is -2.44. The minimum absolute atomic E-state index is 0.0248. The van der Waals surface area contributed by atoms with Gasteiger partial charge in [-0.25, -0.2) is 9.98 Å². The van der Waals surface area contributed by atoms with Crippen molar-refractivity contribution in [2.75, 3.05) is 33.1 Å². The van der Waals surface area contributed by atoms with Crippen molar-refractivity contribution in [1.82, 2.24) is 9.97 Å². The van der Waals surface area contributed by atoms with Crippen molar-refractivity contribution in [2.45, 2.75) is 32.6 Å². The largest absolute Gasteiger partial charge is 0.481 e. The van der Waals surface area contributed by atoms with Gasteiger partial charge >= 0.3 is 0 Å². The molecule has 0 radical (unpaired) electrons. The molecule has 1 N–H and O–H groups in total. The van der Waals surface area contributed by atoms with Gasteiger partial charge < -0.3 is 9.72 Å². The molecule has 1 aromatic rings. The van der Waals surface area contributed by atoms with E-state index in [1.807, 2.05) is 6.20 Å². The van der Waals surface area contributed by atoms with Crippen LogP contribution in [0.25, 0.3) is 0 Å². The third-order valence-electron chi connectivity index (χ3n) is 5.09. The summed E-state index contributed by atoms with van der Waals surface area (Å²) < 4.78 is 5.99. The first kappa shape index (κ1) is 20.4. The van der Waals surface area contributed by atoms with Crippen LogP contribution in [0, 0.1) is 0 Å². The maximum atomic E-state index is 12.2. The molecule has 1 unspecified atom stereocenters. The number of H-pyrrole nitrogens is 1. The Morgan fingerprint density at radius 3 is 2.92 bits per heavy atom. The molecule has 2 heterocycles. The Labute approximate surface area is 159 Å². The summed E-state index contributed by atoms with van der Waals surface area (Å²) >= 11 is 5.81. The Kier molecular flexibility index (Phi) is 7.17. The van der Waals surface area contributed by atoms with Crippen LogP contribution in [0.5, 0.6) is 0 Å². The number of hydrogen-bond acceptors (Lipinski definition) is 4. The average Bonchev–Trinajstić information content (AvgIpc) is 2.72. The Bertz CT molecular complexity index is 769. The van der Waals surface area contributed by atoms with Crippen LogP contribution in [0.1, 0.15) is 31.0 Å². The highest BCUT2D eigenvalue weighted by atomic mass is 35.5. The van der Waals surface area contributed by atoms with E-state index in [2.05, 4.69) is 35.5 Å². The predicted molar refractivity (Wildman–Crippen MR) is 105 cm³/mol. The number of nitrogens with zero attached hydrogens (tertiary/aromatic N) is 3. The maximum Gasteiger partial charge on any atom is 0.254 e. The van der Waals surface area contributed by atoms with E-state index in [4.69, 9.17) is 16.3 Å². The van der Waals surface area contributed by atoms with Gasteiger partial charge in [0.25, 0.3) is 5.56 Å². The van der Waals surface area contributed by atoms with E-state index in [0.717, 1.165) is 53.8 Å². The average molecular weight is 380 g/mol. The van der Waals surface area contributed by atoms with E-state index < -0.39 is 0 Å². The standard InChI is InChI=1S/C19H27ClN4O2/c1-14(11-20)19(26-4)21-12-15(2)24(3)9-6-5-7-17-16(8-10-24)18(25)23-13-22-17/h12-13H,1,5-11H2,2-4H3/p+1/b15-12+,21-19?. The summed E-state index contributed by atoms with van der Waals surface area (Å²) in [6, 6.07) is 0. The molecule has 7 heteroatoms. The Balaban J connectivity index is 2.28. The Morgan fingerprint density at radius 1 is 1.46 bits per heavy atom. The van der Waals surface area contributed by atoms with Gasteiger partial charge in [0.15, 0.2) is 0 Å². The second kappa shape index (κ2) is 9.14. The number of quaternary nitrogens is 1. The fraction of sp³-hybridized carbons (Fsp3) is 0.526. The van der Waals surface area contributed by atoms with Gasteiger partial charge in [-0.1, -0.05) is 6.58 Å². The molecule has 0 saturated heterocycles. The number of methoxy groups -OCH3 is 1. The molecule has 1 aliphatic heterocycles. The molecular weight excluding hydrogens is 352 g/mol. The molecule has 6 nitrogen and oxygen atoms in total. The van der Waals surface area contributed by atoms with Crippen LogP contribution in [0.15, 0.2) is 40.2 Å². The number of alkyl halides is 1. The van der Waals surface area contributed by atoms with Crippen LogP contribution in [0.4, 0.5) is 0 Å². The number of rotatable bonds is 4. The van der Waals surface area contributed by atoms with E-state index in [0.29, 0.717) is 17.9 Å². The van der Waals surface area contributed by atoms with Crippen LogP contribution in [0.3, 0.4) is 0 Å². The minimum Gasteiger partial charge on any atom is -0.481 e. The highest BCUT2D eigenvalue weighted by Crippen LogP contribution is 2.21. The number of halogens is 1. The summed E-state index contributed by atoms with van der Waals surface area (Å²) in [6.45, 7) is 7.73. The highest BCUT2D eigenvalue weighted by Gasteiger charge is 2.27. The number of aromatic nitrogens is 2. The minimum atomic E-state index is -0.0248. The van der Waals surface area contributed by atoms with E-state index >= 15 is 0 Å². The molecule has 0 fully saturated rings. The van der Waals surface area contributed by atoms with Gasteiger partial charge in [-0.05, 0) is 19.3 Å². The first-order chi connectivity index (χ1) is 12.4. The molecule has 0 bridgehead atoms. The molecule has 26 heavy (non-hydrogen) atoms. The molecule has 1 atom stereocenters. The quantitative estimate of drug-likeness (QED) is 0.378. The van der Waals surface area contributed by atoms with Gasteiger partial charge in [0, 0.05) is 24.5 Å². The van der Waals surface area contributed by atoms with E-state index in [1.54, 1.807) is 7.11 Å². The molecule has 142 valence electrons. The van der Waals surface area contributed by atoms with Crippen molar-refractivity contribution < 1.29 is 9.22 Å². The van der Waals surface area contributed by atoms with Crippen molar-refractivity contribution >= 4 is 17.5 Å². The summed E-state index contributed by atoms with van der Waals surface area (Å²) in [4.78, 5) is 23.7. The number of aryl methyl sites for hydroxylation is 1. The molecule has 0 aromatic carbocycles. The molecule has 2 rings (SSSR count). The lowest BCUT2D eigenvalue weighted by Gasteiger charge is -2.34. The maximum absolute atomic E-state index is 12.2. The molecule has 0 aliphatic carbocycles. The molecule has 1 aromatic heterocycles. The number of aromatic amines is 1. The van der Waals surface area contributed by atoms with E-state index in [-0.39, 0.29) is 11.4 Å². The van der Waals surface area contributed by atoms with Crippen LogP contribution in [0.2, 0.25) is 0 Å². The van der Waals surface area contributed by atoms with Crippen LogP contribution in [-0.4, -0.2) is 53.5 Å². The zero-order valence-electron chi connectivity index (χ0n) is 15.8. The number of aliphatic imine (C=N–C) groups is 1. The number of likely N-dealkylation sites (N-methyl/N-ethyl adjacent to an activating group) is 1. The molecule has 1 aliphatic rings. The number of hydrogen-bond donors (Lipinski definition) is 1. The summed E-state index contributed by atoms with van der Waals surface area (Å²) in [5.74, 6) is 0.722. The first-order valence-corrected chi connectivity index (χ1v) is 9.38. The summed E-state index contributed by atoms with van der Waals surface area (Å²) in [5.41, 5.74) is 3.47. The zero-order chi connectivity index (χ0) is 19.2. The summed E-state index contributed by atoms with van der Waals surface area (Å²) in [7, 11) is 3.74. The number of allylic oxidation sites excluding steroid dienone is 1. The summed E-state index contributed by atoms with van der Waals surface area (Å²) in [6.07, 6.45) is 6.94. The molecule has 0 spiro atoms. The normalized spacial score (nSPS) is 22.0. The second-order valence-corrected chi connectivity index (χ2v) is 7.12.